The van der Waals surface area contributed by atoms with Crippen molar-refractivity contribution < 1.29 is 15.1 Å². The molecule has 17 heavy (non-hydrogen) atoms. The fraction of sp³-hybridized carbons (Fsp3) is 0.400. The highest BCUT2D eigenvalue weighted by atomic mass is 35.5. The summed E-state index contributed by atoms with van der Waals surface area (Å²) in [4.78, 5) is 9.90. The van der Waals surface area contributed by atoms with E-state index in [9.17, 15) is 20.3 Å². The molecule has 0 saturated heterocycles. The van der Waals surface area contributed by atoms with Gasteiger partial charge in [0.1, 0.15) is 6.10 Å². The molecule has 5 nitrogen and oxygen atoms in total. The molecule has 0 aliphatic carbocycles. The molecule has 0 spiro atoms. The van der Waals surface area contributed by atoms with Crippen molar-refractivity contribution in [3.05, 3.63) is 38.9 Å². The molecule has 0 aliphatic rings. The van der Waals surface area contributed by atoms with Crippen LogP contribution in [0.5, 0.6) is 0 Å². The molecule has 94 valence electrons. The predicted octanol–water partition coefficient (Wildman–Crippen LogP) is 2.27. The zero-order valence-electron chi connectivity index (χ0n) is 8.72. The second-order valence-corrected chi connectivity index (χ2v) is 4.24. The number of non-ortho nitro benzene ring substituents is 1. The number of rotatable bonds is 5. The fourth-order valence-corrected chi connectivity index (χ4v) is 1.86. The standard InChI is InChI=1S/C10H11Cl2NO4/c11-4-3-9(14)10(15)7-2-1-6(13(16)17)5-8(7)12/h1-2,5,9-10,14-15H,3-4H2. The van der Waals surface area contributed by atoms with Crippen LogP contribution in [0, 0.1) is 10.1 Å². The molecule has 0 heterocycles. The number of nitrogens with zero attached hydrogens (tertiary/aromatic N) is 1. The molecule has 0 amide bonds. The monoisotopic (exact) mass is 279 g/mol. The van der Waals surface area contributed by atoms with Gasteiger partial charge >= 0.3 is 0 Å². The predicted molar refractivity (Wildman–Crippen MR) is 64.4 cm³/mol. The summed E-state index contributed by atoms with van der Waals surface area (Å²) in [6.45, 7) is 0. The van der Waals surface area contributed by atoms with E-state index >= 15 is 0 Å². The van der Waals surface area contributed by atoms with Crippen molar-refractivity contribution in [2.24, 2.45) is 0 Å². The van der Waals surface area contributed by atoms with Gasteiger partial charge in [0.05, 0.1) is 16.0 Å². The highest BCUT2D eigenvalue weighted by Gasteiger charge is 2.21. The maximum Gasteiger partial charge on any atom is 0.270 e. The summed E-state index contributed by atoms with van der Waals surface area (Å²) in [5.74, 6) is 0.197. The number of nitro groups is 1. The Morgan fingerprint density at radius 2 is 2.06 bits per heavy atom. The summed E-state index contributed by atoms with van der Waals surface area (Å²) in [5.41, 5.74) is 0.0765. The maximum atomic E-state index is 10.5. The molecule has 1 aromatic rings. The van der Waals surface area contributed by atoms with Gasteiger partial charge in [0, 0.05) is 23.6 Å². The minimum atomic E-state index is -1.21. The summed E-state index contributed by atoms with van der Waals surface area (Å²) in [6.07, 6.45) is -2.05. The second-order valence-electron chi connectivity index (χ2n) is 3.45. The number of nitro benzene ring substituents is 1. The Bertz CT molecular complexity index is 413. The van der Waals surface area contributed by atoms with E-state index < -0.39 is 17.1 Å². The fourth-order valence-electron chi connectivity index (χ4n) is 1.35. The van der Waals surface area contributed by atoms with Crippen LogP contribution >= 0.6 is 23.2 Å². The van der Waals surface area contributed by atoms with Crippen LogP contribution in [0.15, 0.2) is 18.2 Å². The lowest BCUT2D eigenvalue weighted by atomic mass is 10.0. The zero-order chi connectivity index (χ0) is 13.0. The first-order valence-electron chi connectivity index (χ1n) is 4.83. The van der Waals surface area contributed by atoms with Gasteiger partial charge in [0.25, 0.3) is 5.69 Å². The van der Waals surface area contributed by atoms with Gasteiger partial charge in [-0.25, -0.2) is 0 Å². The Morgan fingerprint density at radius 3 is 2.53 bits per heavy atom. The lowest BCUT2D eigenvalue weighted by molar-refractivity contribution is -0.384. The van der Waals surface area contributed by atoms with Gasteiger partial charge in [-0.3, -0.25) is 10.1 Å². The minimum absolute atomic E-state index is 0.0420. The Balaban J connectivity index is 2.95. The summed E-state index contributed by atoms with van der Waals surface area (Å²) in [6, 6.07) is 3.67. The molecule has 0 aromatic heterocycles. The van der Waals surface area contributed by atoms with E-state index in [0.717, 1.165) is 6.07 Å². The van der Waals surface area contributed by atoms with E-state index in [2.05, 4.69) is 0 Å². The zero-order valence-corrected chi connectivity index (χ0v) is 10.2. The van der Waals surface area contributed by atoms with Gasteiger partial charge < -0.3 is 10.2 Å². The van der Waals surface area contributed by atoms with Crippen molar-refractivity contribution in [3.8, 4) is 0 Å². The van der Waals surface area contributed by atoms with Crippen molar-refractivity contribution in [3.63, 3.8) is 0 Å². The summed E-state index contributed by atoms with van der Waals surface area (Å²) in [7, 11) is 0. The Hall–Kier alpha value is -0.880. The van der Waals surface area contributed by atoms with Crippen molar-refractivity contribution in [2.75, 3.05) is 5.88 Å². The van der Waals surface area contributed by atoms with Crippen molar-refractivity contribution in [1.82, 2.24) is 0 Å². The molecular weight excluding hydrogens is 269 g/mol. The summed E-state index contributed by atoms with van der Waals surface area (Å²) < 4.78 is 0. The number of aliphatic hydroxyl groups excluding tert-OH is 2. The first-order valence-corrected chi connectivity index (χ1v) is 5.74. The Kier molecular flexibility index (Phi) is 5.14. The number of hydrogen-bond donors (Lipinski definition) is 2. The van der Waals surface area contributed by atoms with Gasteiger partial charge in [-0.05, 0) is 12.5 Å². The van der Waals surface area contributed by atoms with Crippen LogP contribution in [-0.4, -0.2) is 27.1 Å². The third kappa shape index (κ3) is 3.54. The van der Waals surface area contributed by atoms with Crippen LogP contribution in [0.25, 0.3) is 0 Å². The highest BCUT2D eigenvalue weighted by Crippen LogP contribution is 2.29. The lowest BCUT2D eigenvalue weighted by Gasteiger charge is -2.18. The molecule has 7 heteroatoms. The van der Waals surface area contributed by atoms with Crippen LogP contribution in [0.2, 0.25) is 5.02 Å². The molecule has 2 N–H and O–H groups in total. The Morgan fingerprint density at radius 1 is 1.41 bits per heavy atom. The summed E-state index contributed by atoms with van der Waals surface area (Å²) in [5, 5.41) is 29.8. The molecule has 2 unspecified atom stereocenters. The smallest absolute Gasteiger partial charge is 0.270 e. The highest BCUT2D eigenvalue weighted by molar-refractivity contribution is 6.31. The van der Waals surface area contributed by atoms with Crippen LogP contribution in [0.3, 0.4) is 0 Å². The third-order valence-corrected chi connectivity index (χ3v) is 2.83. The Labute approximate surface area is 108 Å². The first kappa shape index (κ1) is 14.2. The average molecular weight is 280 g/mol. The molecule has 0 fully saturated rings. The number of halogens is 2. The molecular formula is C10H11Cl2NO4. The van der Waals surface area contributed by atoms with E-state index in [4.69, 9.17) is 23.2 Å². The molecule has 1 aromatic carbocycles. The number of aliphatic hydroxyl groups is 2. The number of alkyl halides is 1. The van der Waals surface area contributed by atoms with Crippen LogP contribution in [-0.2, 0) is 0 Å². The molecule has 0 saturated carbocycles. The van der Waals surface area contributed by atoms with Crippen LogP contribution in [0.1, 0.15) is 18.1 Å². The van der Waals surface area contributed by atoms with Crippen molar-refractivity contribution in [1.29, 1.82) is 0 Å². The SMILES string of the molecule is O=[N+]([O-])c1ccc(C(O)C(O)CCCl)c(Cl)c1. The quantitative estimate of drug-likeness (QED) is 0.492. The second kappa shape index (κ2) is 6.16. The lowest BCUT2D eigenvalue weighted by Crippen LogP contribution is -2.19. The third-order valence-electron chi connectivity index (χ3n) is 2.28. The topological polar surface area (TPSA) is 83.6 Å². The maximum absolute atomic E-state index is 10.5. The average Bonchev–Trinajstić information content (AvgIpc) is 2.28. The van der Waals surface area contributed by atoms with Gasteiger partial charge in [-0.15, -0.1) is 11.6 Å². The van der Waals surface area contributed by atoms with E-state index in [1.165, 1.54) is 12.1 Å². The van der Waals surface area contributed by atoms with E-state index in [1.54, 1.807) is 0 Å². The van der Waals surface area contributed by atoms with Crippen molar-refractivity contribution in [2.45, 2.75) is 18.6 Å². The van der Waals surface area contributed by atoms with Gasteiger partial charge in [0.2, 0.25) is 0 Å². The molecule has 0 radical (unpaired) electrons. The van der Waals surface area contributed by atoms with E-state index in [0.29, 0.717) is 0 Å². The normalized spacial score (nSPS) is 14.4. The molecule has 0 bridgehead atoms. The molecule has 0 aliphatic heterocycles. The van der Waals surface area contributed by atoms with E-state index in [1.807, 2.05) is 0 Å². The largest absolute Gasteiger partial charge is 0.390 e. The van der Waals surface area contributed by atoms with Gasteiger partial charge in [-0.2, -0.15) is 0 Å². The van der Waals surface area contributed by atoms with Crippen LogP contribution < -0.4 is 0 Å². The van der Waals surface area contributed by atoms with Crippen molar-refractivity contribution >= 4 is 28.9 Å². The van der Waals surface area contributed by atoms with E-state index in [-0.39, 0.29) is 28.6 Å². The van der Waals surface area contributed by atoms with Gasteiger partial charge in [-0.1, -0.05) is 11.6 Å². The number of benzene rings is 1. The van der Waals surface area contributed by atoms with Crippen LogP contribution in [0.4, 0.5) is 5.69 Å². The summed E-state index contributed by atoms with van der Waals surface area (Å²) >= 11 is 11.2. The molecule has 2 atom stereocenters. The first-order chi connectivity index (χ1) is 7.97. The van der Waals surface area contributed by atoms with Gasteiger partial charge in [0.15, 0.2) is 0 Å². The molecule has 1 rings (SSSR count). The number of hydrogen-bond acceptors (Lipinski definition) is 4. The minimum Gasteiger partial charge on any atom is -0.390 e.